The first-order valence-corrected chi connectivity index (χ1v) is 6.26. The van der Waals surface area contributed by atoms with Gasteiger partial charge in [0.25, 0.3) is 0 Å². The topological polar surface area (TPSA) is 52.3 Å². The molecule has 0 aromatic heterocycles. The van der Waals surface area contributed by atoms with Gasteiger partial charge in [-0.1, -0.05) is 29.8 Å². The van der Waals surface area contributed by atoms with Gasteiger partial charge in [-0.3, -0.25) is 4.79 Å². The van der Waals surface area contributed by atoms with E-state index in [-0.39, 0.29) is 6.10 Å². The minimum atomic E-state index is -0.453. The zero-order valence-corrected chi connectivity index (χ0v) is 11.2. The average Bonchev–Trinajstić information content (AvgIpc) is 2.39. The Labute approximate surface area is 117 Å². The van der Waals surface area contributed by atoms with Crippen molar-refractivity contribution in [3.63, 3.8) is 0 Å². The van der Waals surface area contributed by atoms with Crippen molar-refractivity contribution in [2.75, 3.05) is 0 Å². The zero-order chi connectivity index (χ0) is 13.8. The lowest BCUT2D eigenvalue weighted by atomic mass is 10.1. The van der Waals surface area contributed by atoms with Crippen LogP contribution in [0.4, 0.5) is 0 Å². The molecule has 1 amide bonds. The fraction of sp³-hybridized carbons (Fsp3) is 0.133. The van der Waals surface area contributed by atoms with Gasteiger partial charge >= 0.3 is 0 Å². The molecule has 4 heteroatoms. The van der Waals surface area contributed by atoms with Crippen LogP contribution in [-0.4, -0.2) is 5.91 Å². The molecule has 0 saturated carbocycles. The summed E-state index contributed by atoms with van der Waals surface area (Å²) in [5.74, 6) is 0.211. The van der Waals surface area contributed by atoms with E-state index in [1.165, 1.54) is 0 Å². The maximum absolute atomic E-state index is 11.0. The molecule has 0 radical (unpaired) electrons. The minimum Gasteiger partial charge on any atom is -0.486 e. The highest BCUT2D eigenvalue weighted by Gasteiger charge is 2.11. The molecule has 0 heterocycles. The molecule has 0 unspecified atom stereocenters. The molecule has 19 heavy (non-hydrogen) atoms. The van der Waals surface area contributed by atoms with Gasteiger partial charge in [0, 0.05) is 16.1 Å². The molecule has 0 fully saturated rings. The van der Waals surface area contributed by atoms with Crippen LogP contribution in [0.25, 0.3) is 0 Å². The van der Waals surface area contributed by atoms with Crippen molar-refractivity contribution in [2.45, 2.75) is 13.0 Å². The van der Waals surface area contributed by atoms with Gasteiger partial charge in [0.2, 0.25) is 5.91 Å². The van der Waals surface area contributed by atoms with E-state index in [0.717, 1.165) is 5.56 Å². The Balaban J connectivity index is 2.13. The van der Waals surface area contributed by atoms with Gasteiger partial charge in [0.15, 0.2) is 0 Å². The molecule has 2 N–H and O–H groups in total. The van der Waals surface area contributed by atoms with Gasteiger partial charge in [-0.25, -0.2) is 0 Å². The molecule has 2 rings (SSSR count). The monoisotopic (exact) mass is 275 g/mol. The molecular formula is C15H14ClNO2. The molecule has 2 aromatic rings. The van der Waals surface area contributed by atoms with Crippen LogP contribution in [-0.2, 0) is 0 Å². The van der Waals surface area contributed by atoms with Gasteiger partial charge in [-0.15, -0.1) is 0 Å². The Kier molecular flexibility index (Phi) is 4.07. The summed E-state index contributed by atoms with van der Waals surface area (Å²) >= 11 is 6.11. The largest absolute Gasteiger partial charge is 0.486 e. The van der Waals surface area contributed by atoms with Gasteiger partial charge in [0.1, 0.15) is 11.9 Å². The second-order valence-corrected chi connectivity index (χ2v) is 4.58. The number of hydrogen-bond donors (Lipinski definition) is 1. The third-order valence-corrected chi connectivity index (χ3v) is 3.14. The summed E-state index contributed by atoms with van der Waals surface area (Å²) in [7, 11) is 0. The van der Waals surface area contributed by atoms with Gasteiger partial charge < -0.3 is 10.5 Å². The standard InChI is InChI=1S/C15H14ClNO2/c1-10(13-4-2-3-5-14(13)16)19-12-8-6-11(7-9-12)15(17)18/h2-10H,1H3,(H2,17,18)/t10-/m0/s1. The molecule has 0 aliphatic heterocycles. The molecule has 0 spiro atoms. The van der Waals surface area contributed by atoms with Crippen LogP contribution in [0.5, 0.6) is 5.75 Å². The molecule has 3 nitrogen and oxygen atoms in total. The van der Waals surface area contributed by atoms with E-state index in [1.807, 2.05) is 31.2 Å². The molecule has 0 bridgehead atoms. The number of hydrogen-bond acceptors (Lipinski definition) is 2. The van der Waals surface area contributed by atoms with Gasteiger partial charge in [-0.2, -0.15) is 0 Å². The highest BCUT2D eigenvalue weighted by atomic mass is 35.5. The lowest BCUT2D eigenvalue weighted by Gasteiger charge is -2.16. The third kappa shape index (κ3) is 3.26. The maximum atomic E-state index is 11.0. The van der Waals surface area contributed by atoms with Crippen LogP contribution in [0.2, 0.25) is 5.02 Å². The van der Waals surface area contributed by atoms with Gasteiger partial charge in [-0.05, 0) is 37.3 Å². The summed E-state index contributed by atoms with van der Waals surface area (Å²) < 4.78 is 5.78. The maximum Gasteiger partial charge on any atom is 0.248 e. The van der Waals surface area contributed by atoms with Crippen molar-refractivity contribution in [2.24, 2.45) is 5.73 Å². The van der Waals surface area contributed by atoms with Crippen LogP contribution < -0.4 is 10.5 Å². The second kappa shape index (κ2) is 5.76. The predicted molar refractivity (Wildman–Crippen MR) is 75.5 cm³/mol. The van der Waals surface area contributed by atoms with Crippen LogP contribution in [0, 0.1) is 0 Å². The molecule has 1 atom stereocenters. The zero-order valence-electron chi connectivity index (χ0n) is 10.5. The smallest absolute Gasteiger partial charge is 0.248 e. The summed E-state index contributed by atoms with van der Waals surface area (Å²) in [5.41, 5.74) is 6.55. The van der Waals surface area contributed by atoms with E-state index in [1.54, 1.807) is 24.3 Å². The number of carbonyl (C=O) groups is 1. The minimum absolute atomic E-state index is 0.173. The summed E-state index contributed by atoms with van der Waals surface area (Å²) in [6.07, 6.45) is -0.173. The first kappa shape index (κ1) is 13.4. The Morgan fingerprint density at radius 1 is 1.16 bits per heavy atom. The number of rotatable bonds is 4. The van der Waals surface area contributed by atoms with Crippen molar-refractivity contribution in [3.05, 3.63) is 64.7 Å². The van der Waals surface area contributed by atoms with E-state index in [2.05, 4.69) is 0 Å². The number of carbonyl (C=O) groups excluding carboxylic acids is 1. The van der Waals surface area contributed by atoms with Crippen molar-refractivity contribution in [1.82, 2.24) is 0 Å². The van der Waals surface area contributed by atoms with E-state index >= 15 is 0 Å². The van der Waals surface area contributed by atoms with Gasteiger partial charge in [0.05, 0.1) is 0 Å². The van der Waals surface area contributed by atoms with Crippen LogP contribution in [0.15, 0.2) is 48.5 Å². The van der Waals surface area contributed by atoms with E-state index in [0.29, 0.717) is 16.3 Å². The highest BCUT2D eigenvalue weighted by molar-refractivity contribution is 6.31. The molecule has 0 aliphatic rings. The summed E-state index contributed by atoms with van der Waals surface area (Å²) in [4.78, 5) is 11.0. The molecule has 2 aromatic carbocycles. The normalized spacial score (nSPS) is 11.9. The molecular weight excluding hydrogens is 262 g/mol. The van der Waals surface area contributed by atoms with E-state index < -0.39 is 5.91 Å². The Bertz CT molecular complexity index is 581. The predicted octanol–water partition coefficient (Wildman–Crippen LogP) is 3.58. The average molecular weight is 276 g/mol. The Morgan fingerprint density at radius 2 is 1.79 bits per heavy atom. The molecule has 98 valence electrons. The fourth-order valence-corrected chi connectivity index (χ4v) is 2.06. The lowest BCUT2D eigenvalue weighted by molar-refractivity contribution is 0.1000. The van der Waals surface area contributed by atoms with Crippen LogP contribution >= 0.6 is 11.6 Å². The molecule has 0 saturated heterocycles. The summed E-state index contributed by atoms with van der Waals surface area (Å²) in [6.45, 7) is 1.92. The second-order valence-electron chi connectivity index (χ2n) is 4.17. The first-order chi connectivity index (χ1) is 9.08. The molecule has 0 aliphatic carbocycles. The lowest BCUT2D eigenvalue weighted by Crippen LogP contribution is -2.10. The quantitative estimate of drug-likeness (QED) is 0.927. The fourth-order valence-electron chi connectivity index (χ4n) is 1.77. The first-order valence-electron chi connectivity index (χ1n) is 5.89. The number of primary amides is 1. The highest BCUT2D eigenvalue weighted by Crippen LogP contribution is 2.27. The number of amides is 1. The Morgan fingerprint density at radius 3 is 2.37 bits per heavy atom. The number of halogens is 1. The number of benzene rings is 2. The number of ether oxygens (including phenoxy) is 1. The Hall–Kier alpha value is -2.00. The SMILES string of the molecule is C[C@H](Oc1ccc(C(N)=O)cc1)c1ccccc1Cl. The summed E-state index contributed by atoms with van der Waals surface area (Å²) in [5, 5.41) is 0.670. The third-order valence-electron chi connectivity index (χ3n) is 2.79. The van der Waals surface area contributed by atoms with Crippen molar-refractivity contribution < 1.29 is 9.53 Å². The number of nitrogens with two attached hydrogens (primary N) is 1. The van der Waals surface area contributed by atoms with Crippen molar-refractivity contribution >= 4 is 17.5 Å². The van der Waals surface area contributed by atoms with E-state index in [4.69, 9.17) is 22.1 Å². The van der Waals surface area contributed by atoms with Crippen LogP contribution in [0.3, 0.4) is 0 Å². The summed E-state index contributed by atoms with van der Waals surface area (Å²) in [6, 6.07) is 14.2. The van der Waals surface area contributed by atoms with E-state index in [9.17, 15) is 4.79 Å². The van der Waals surface area contributed by atoms with Crippen LogP contribution in [0.1, 0.15) is 28.9 Å². The van der Waals surface area contributed by atoms with Crippen molar-refractivity contribution in [3.8, 4) is 5.75 Å². The van der Waals surface area contributed by atoms with Crippen molar-refractivity contribution in [1.29, 1.82) is 0 Å².